The largest absolute Gasteiger partial charge is 0.479 e. The van der Waals surface area contributed by atoms with Crippen molar-refractivity contribution in [2.24, 2.45) is 0 Å². The number of nitrogens with zero attached hydrogens (tertiary/aromatic N) is 6. The van der Waals surface area contributed by atoms with E-state index in [4.69, 9.17) is 10.8 Å². The summed E-state index contributed by atoms with van der Waals surface area (Å²) in [6.45, 7) is 2.22. The van der Waals surface area contributed by atoms with Gasteiger partial charge in [-0.1, -0.05) is 6.07 Å². The summed E-state index contributed by atoms with van der Waals surface area (Å²) < 4.78 is 78.4. The van der Waals surface area contributed by atoms with Crippen molar-refractivity contribution in [3.63, 3.8) is 0 Å². The quantitative estimate of drug-likeness (QED) is 0.362. The Labute approximate surface area is 216 Å². The zero-order valence-electron chi connectivity index (χ0n) is 21.8. The van der Waals surface area contributed by atoms with Gasteiger partial charge in [0.1, 0.15) is 17.5 Å². The number of benzene rings is 1. The number of halogens is 4. The van der Waals surface area contributed by atoms with E-state index in [9.17, 15) is 8.78 Å². The van der Waals surface area contributed by atoms with E-state index in [2.05, 4.69) is 20.4 Å². The first-order valence-electron chi connectivity index (χ1n) is 12.8. The van der Waals surface area contributed by atoms with E-state index in [0.717, 1.165) is 0 Å². The minimum Gasteiger partial charge on any atom is -0.479 e. The number of ether oxygens (including phenoxy) is 2. The molecule has 3 aromatic heterocycles. The van der Waals surface area contributed by atoms with Gasteiger partial charge in [0.2, 0.25) is 11.8 Å². The predicted octanol–water partition coefficient (Wildman–Crippen LogP) is 3.69. The molecule has 1 N–H and O–H groups in total. The first kappa shape index (κ1) is 23.7. The van der Waals surface area contributed by atoms with Crippen molar-refractivity contribution < 1.29 is 28.4 Å². The Hall–Kier alpha value is -3.45. The van der Waals surface area contributed by atoms with Crippen LogP contribution in [0.1, 0.15) is 13.6 Å². The number of imidazole rings is 1. The number of hydrogen-bond acceptors (Lipinski definition) is 7. The number of likely N-dealkylation sites (tertiary alicyclic amines) is 1. The first-order chi connectivity index (χ1) is 18.7. The van der Waals surface area contributed by atoms with Crippen LogP contribution in [0.2, 0.25) is 0 Å². The molecular formula is C25H27F4N7O2. The number of aromatic nitrogens is 5. The first-order valence-corrected chi connectivity index (χ1v) is 12.3. The molecule has 2 saturated heterocycles. The minimum absolute atomic E-state index is 0.0633. The molecule has 1 aromatic carbocycles. The molecule has 0 aliphatic carbocycles. The Morgan fingerprint density at radius 2 is 2.11 bits per heavy atom. The average molecular weight is 535 g/mol. The molecule has 0 bridgehead atoms. The second-order valence-electron chi connectivity index (χ2n) is 9.51. The number of fused-ring (bicyclic) bond motifs is 2. The van der Waals surface area contributed by atoms with Crippen molar-refractivity contribution in [1.29, 1.82) is 0 Å². The normalized spacial score (nSPS) is 22.1. The highest BCUT2D eigenvalue weighted by molar-refractivity contribution is 5.90. The number of methoxy groups -OCH3 is 1. The summed E-state index contributed by atoms with van der Waals surface area (Å²) in [6.07, 6.45) is -2.27. The van der Waals surface area contributed by atoms with Gasteiger partial charge in [-0.25, -0.2) is 27.1 Å². The van der Waals surface area contributed by atoms with Gasteiger partial charge >= 0.3 is 0 Å². The number of anilines is 1. The molecule has 13 heteroatoms. The number of alkyl halides is 3. The summed E-state index contributed by atoms with van der Waals surface area (Å²) in [7, 11) is 1.38. The van der Waals surface area contributed by atoms with Gasteiger partial charge in [-0.05, 0) is 31.0 Å². The van der Waals surface area contributed by atoms with Crippen LogP contribution in [0.4, 0.5) is 23.5 Å². The zero-order chi connectivity index (χ0) is 27.5. The van der Waals surface area contributed by atoms with Gasteiger partial charge in [0.25, 0.3) is 6.43 Å². The molecule has 0 radical (unpaired) electrons. The average Bonchev–Trinajstić information content (AvgIpc) is 3.37. The Balaban J connectivity index is 1.32. The maximum atomic E-state index is 15.4. The summed E-state index contributed by atoms with van der Waals surface area (Å²) in [4.78, 5) is 10.5. The van der Waals surface area contributed by atoms with Crippen molar-refractivity contribution in [2.75, 3.05) is 38.7 Å². The van der Waals surface area contributed by atoms with Gasteiger partial charge in [0.15, 0.2) is 5.82 Å². The Kier molecular flexibility index (Phi) is 6.03. The lowest BCUT2D eigenvalue weighted by molar-refractivity contribution is -0.0794. The van der Waals surface area contributed by atoms with E-state index in [1.807, 2.05) is 0 Å². The lowest BCUT2D eigenvalue weighted by Crippen LogP contribution is -2.57. The predicted molar refractivity (Wildman–Crippen MR) is 132 cm³/mol. The third-order valence-corrected chi connectivity index (χ3v) is 7.14. The molecule has 0 spiro atoms. The van der Waals surface area contributed by atoms with Gasteiger partial charge in [-0.3, -0.25) is 4.90 Å². The number of hydrogen-bond donors (Lipinski definition) is 1. The molecule has 6 rings (SSSR count). The second-order valence-corrected chi connectivity index (χ2v) is 9.51. The number of nitrogens with one attached hydrogen (secondary N) is 1. The lowest BCUT2D eigenvalue weighted by atomic mass is 10.0. The van der Waals surface area contributed by atoms with Crippen molar-refractivity contribution >= 4 is 22.5 Å². The van der Waals surface area contributed by atoms with Gasteiger partial charge in [-0.2, -0.15) is 4.98 Å². The van der Waals surface area contributed by atoms with Crippen LogP contribution < -0.4 is 10.1 Å². The summed E-state index contributed by atoms with van der Waals surface area (Å²) in [5, 5.41) is 7.36. The summed E-state index contributed by atoms with van der Waals surface area (Å²) in [6, 6.07) is 3.42. The Bertz CT molecular complexity index is 1540. The van der Waals surface area contributed by atoms with Crippen LogP contribution in [0.25, 0.3) is 27.7 Å². The van der Waals surface area contributed by atoms with Crippen LogP contribution in [0.15, 0.2) is 24.4 Å². The Morgan fingerprint density at radius 1 is 1.29 bits per heavy atom. The molecular weight excluding hydrogens is 506 g/mol. The van der Waals surface area contributed by atoms with Crippen molar-refractivity contribution in [2.45, 2.75) is 44.5 Å². The molecule has 2 fully saturated rings. The van der Waals surface area contributed by atoms with Crippen molar-refractivity contribution in [1.82, 2.24) is 29.0 Å². The molecule has 2 aliphatic heterocycles. The fraction of sp³-hybridized carbons (Fsp3) is 0.480. The van der Waals surface area contributed by atoms with Gasteiger partial charge in [-0.15, -0.1) is 5.10 Å². The minimum atomic E-state index is -2.58. The summed E-state index contributed by atoms with van der Waals surface area (Å²) in [5.74, 6) is -0.0583. The van der Waals surface area contributed by atoms with E-state index < -0.39 is 37.0 Å². The van der Waals surface area contributed by atoms with E-state index in [0.29, 0.717) is 35.4 Å². The highest BCUT2D eigenvalue weighted by Crippen LogP contribution is 2.36. The zero-order valence-corrected chi connectivity index (χ0v) is 20.8. The molecule has 0 unspecified atom stereocenters. The fourth-order valence-electron chi connectivity index (χ4n) is 5.16. The maximum Gasteiger partial charge on any atom is 0.256 e. The monoisotopic (exact) mass is 534 g/mol. The molecule has 5 heterocycles. The smallest absolute Gasteiger partial charge is 0.256 e. The van der Waals surface area contributed by atoms with Crippen LogP contribution in [0.5, 0.6) is 5.88 Å². The number of rotatable bonds is 7. The van der Waals surface area contributed by atoms with Gasteiger partial charge < -0.3 is 19.4 Å². The fourth-order valence-corrected chi connectivity index (χ4v) is 5.16. The topological polar surface area (TPSA) is 81.7 Å². The van der Waals surface area contributed by atoms with Crippen LogP contribution in [0, 0.1) is 12.7 Å². The molecule has 2 aliphatic rings. The van der Waals surface area contributed by atoms with E-state index in [-0.39, 0.29) is 42.7 Å². The summed E-state index contributed by atoms with van der Waals surface area (Å²) >= 11 is 0. The van der Waals surface area contributed by atoms with Crippen molar-refractivity contribution in [3.8, 4) is 17.0 Å². The van der Waals surface area contributed by atoms with Crippen LogP contribution in [-0.4, -0.2) is 87.1 Å². The third kappa shape index (κ3) is 4.33. The SMILES string of the molecule is [2H]C1(N2CC[C@H](Nc3nc(OC)c4c(-c5ccc6nc(C)n(CC(F)F)c6c5)c(F)cn4n3)[C@H](F)C2)COC1. The second kappa shape index (κ2) is 9.70. The highest BCUT2D eigenvalue weighted by atomic mass is 19.3. The maximum absolute atomic E-state index is 15.4. The standard InChI is InChI=1S/C25H27F4N7O2/c1-13-30-19-4-3-14(7-20(19)35(13)10-21(28)29)22-17(27)9-36-23(22)24(37-2)32-25(33-36)31-18-5-6-34(8-16(18)26)15-11-38-12-15/h3-4,7,9,15-16,18,21H,5-6,8,10-12H2,1-2H3,(H,31,33)/t16-,18+/m1/s1/i15D. The molecule has 0 amide bonds. The van der Waals surface area contributed by atoms with Crippen LogP contribution in [0.3, 0.4) is 0 Å². The highest BCUT2D eigenvalue weighted by Gasteiger charge is 2.36. The number of aryl methyl sites for hydroxylation is 1. The van der Waals surface area contributed by atoms with Gasteiger partial charge in [0, 0.05) is 13.1 Å². The van der Waals surface area contributed by atoms with E-state index >= 15 is 8.78 Å². The lowest BCUT2D eigenvalue weighted by Gasteiger charge is -2.42. The van der Waals surface area contributed by atoms with Gasteiger partial charge in [0.05, 0.1) is 63.1 Å². The van der Waals surface area contributed by atoms with E-state index in [1.54, 1.807) is 30.0 Å². The molecule has 202 valence electrons. The summed E-state index contributed by atoms with van der Waals surface area (Å²) in [5.41, 5.74) is 1.77. The molecule has 38 heavy (non-hydrogen) atoms. The van der Waals surface area contributed by atoms with E-state index in [1.165, 1.54) is 22.4 Å². The third-order valence-electron chi connectivity index (χ3n) is 7.14. The van der Waals surface area contributed by atoms with Crippen molar-refractivity contribution in [3.05, 3.63) is 36.0 Å². The van der Waals surface area contributed by atoms with Crippen LogP contribution in [-0.2, 0) is 11.3 Å². The van der Waals surface area contributed by atoms with Crippen LogP contribution >= 0.6 is 0 Å². The molecule has 9 nitrogen and oxygen atoms in total. The number of piperidine rings is 1. The molecule has 4 aromatic rings. The Morgan fingerprint density at radius 3 is 2.79 bits per heavy atom. The molecule has 2 atom stereocenters. The molecule has 0 saturated carbocycles.